The van der Waals surface area contributed by atoms with Crippen molar-refractivity contribution in [3.8, 4) is 0 Å². The number of ether oxygens (including phenoxy) is 1. The first kappa shape index (κ1) is 16.3. The molecule has 0 amide bonds. The number of methoxy groups -OCH3 is 1. The summed E-state index contributed by atoms with van der Waals surface area (Å²) in [7, 11) is 1.35. The largest absolute Gasteiger partial charge is 0.468 e. The number of hydrogen-bond donors (Lipinski definition) is 0. The van der Waals surface area contributed by atoms with Gasteiger partial charge in [-0.2, -0.15) is 0 Å². The van der Waals surface area contributed by atoms with Crippen LogP contribution in [0.2, 0.25) is 0 Å². The molecule has 6 heteroatoms. The Balaban J connectivity index is 1.90. The highest BCUT2D eigenvalue weighted by atomic mass is 32.2. The summed E-state index contributed by atoms with van der Waals surface area (Å²) in [5.74, 6) is 0.161. The van der Waals surface area contributed by atoms with Crippen LogP contribution in [0.4, 0.5) is 0 Å². The molecule has 122 valence electrons. The lowest BCUT2D eigenvalue weighted by molar-refractivity contribution is -0.137. The molecule has 0 N–H and O–H groups in total. The molecule has 0 radical (unpaired) electrons. The van der Waals surface area contributed by atoms with E-state index in [0.29, 0.717) is 11.1 Å². The first-order valence-electron chi connectivity index (χ1n) is 7.41. The minimum Gasteiger partial charge on any atom is -0.468 e. The Labute approximate surface area is 144 Å². The van der Waals surface area contributed by atoms with Crippen LogP contribution in [0.3, 0.4) is 0 Å². The van der Waals surface area contributed by atoms with E-state index in [9.17, 15) is 4.79 Å². The maximum atomic E-state index is 11.2. The van der Waals surface area contributed by atoms with Crippen LogP contribution < -0.4 is 0 Å². The molecule has 24 heavy (non-hydrogen) atoms. The molecule has 0 fully saturated rings. The maximum absolute atomic E-state index is 11.2. The monoisotopic (exact) mass is 340 g/mol. The number of nitrogens with zero attached hydrogens (tertiary/aromatic N) is 2. The van der Waals surface area contributed by atoms with Gasteiger partial charge in [0.25, 0.3) is 5.22 Å². The molecule has 5 nitrogen and oxygen atoms in total. The molecule has 0 saturated heterocycles. The molecular formula is C18H16N2O3S. The highest BCUT2D eigenvalue weighted by molar-refractivity contribution is 7.99. The van der Waals surface area contributed by atoms with Crippen LogP contribution in [0, 0.1) is 0 Å². The summed E-state index contributed by atoms with van der Waals surface area (Å²) in [5, 5.41) is 8.57. The van der Waals surface area contributed by atoms with Gasteiger partial charge in [-0.3, -0.25) is 4.79 Å². The van der Waals surface area contributed by atoms with Crippen molar-refractivity contribution in [1.82, 2.24) is 10.2 Å². The van der Waals surface area contributed by atoms with E-state index in [4.69, 9.17) is 4.42 Å². The van der Waals surface area contributed by atoms with Gasteiger partial charge in [-0.25, -0.2) is 0 Å². The number of thioether (sulfide) groups is 1. The first-order chi connectivity index (χ1) is 11.8. The average molecular weight is 340 g/mol. The number of hydrogen-bond acceptors (Lipinski definition) is 6. The van der Waals surface area contributed by atoms with E-state index in [-0.39, 0.29) is 17.6 Å². The Bertz CT molecular complexity index is 751. The van der Waals surface area contributed by atoms with E-state index >= 15 is 0 Å². The Hall–Kier alpha value is -2.60. The Kier molecular flexibility index (Phi) is 5.28. The van der Waals surface area contributed by atoms with E-state index in [0.717, 1.165) is 11.1 Å². The van der Waals surface area contributed by atoms with Crippen molar-refractivity contribution in [2.75, 3.05) is 12.9 Å². The van der Waals surface area contributed by atoms with E-state index in [1.807, 2.05) is 60.7 Å². The highest BCUT2D eigenvalue weighted by Gasteiger charge is 2.23. The van der Waals surface area contributed by atoms with Gasteiger partial charge in [0.15, 0.2) is 0 Å². The van der Waals surface area contributed by atoms with Crippen molar-refractivity contribution in [2.24, 2.45) is 0 Å². The first-order valence-corrected chi connectivity index (χ1v) is 8.39. The van der Waals surface area contributed by atoms with Gasteiger partial charge in [-0.1, -0.05) is 72.4 Å². The van der Waals surface area contributed by atoms with Gasteiger partial charge < -0.3 is 9.15 Å². The van der Waals surface area contributed by atoms with Crippen LogP contribution in [0.1, 0.15) is 22.9 Å². The summed E-state index contributed by atoms with van der Waals surface area (Å²) >= 11 is 1.17. The standard InChI is InChI=1S/C18H16N2O3S/c1-22-15(21)12-24-18-20-19-17(23-18)16(13-8-4-2-5-9-13)14-10-6-3-7-11-14/h2-11,16H,12H2,1H3. The molecule has 0 aliphatic rings. The number of esters is 1. The second-order valence-electron chi connectivity index (χ2n) is 5.03. The lowest BCUT2D eigenvalue weighted by Crippen LogP contribution is -2.03. The van der Waals surface area contributed by atoms with Crippen molar-refractivity contribution in [3.63, 3.8) is 0 Å². The van der Waals surface area contributed by atoms with Crippen LogP contribution in [0.15, 0.2) is 70.3 Å². The zero-order valence-corrected chi connectivity index (χ0v) is 13.9. The summed E-state index contributed by atoms with van der Waals surface area (Å²) < 4.78 is 10.4. The van der Waals surface area contributed by atoms with Crippen molar-refractivity contribution in [3.05, 3.63) is 77.7 Å². The van der Waals surface area contributed by atoms with Crippen LogP contribution >= 0.6 is 11.8 Å². The van der Waals surface area contributed by atoms with Gasteiger partial charge in [0.05, 0.1) is 13.0 Å². The second kappa shape index (κ2) is 7.79. The van der Waals surface area contributed by atoms with Crippen LogP contribution in [0.25, 0.3) is 0 Å². The number of rotatable bonds is 6. The van der Waals surface area contributed by atoms with E-state index in [1.54, 1.807) is 0 Å². The van der Waals surface area contributed by atoms with Crippen LogP contribution in [-0.4, -0.2) is 29.0 Å². The molecular weight excluding hydrogens is 324 g/mol. The molecule has 0 atom stereocenters. The van der Waals surface area contributed by atoms with Gasteiger partial charge in [0, 0.05) is 0 Å². The number of aromatic nitrogens is 2. The Morgan fingerprint density at radius 2 is 1.62 bits per heavy atom. The van der Waals surface area contributed by atoms with E-state index < -0.39 is 0 Å². The third kappa shape index (κ3) is 3.83. The lowest BCUT2D eigenvalue weighted by atomic mass is 9.91. The van der Waals surface area contributed by atoms with Crippen LogP contribution in [0.5, 0.6) is 0 Å². The zero-order chi connectivity index (χ0) is 16.8. The normalized spacial score (nSPS) is 10.8. The minimum absolute atomic E-state index is 0.138. The summed E-state index contributed by atoms with van der Waals surface area (Å²) in [6, 6.07) is 20.0. The molecule has 0 bridgehead atoms. The topological polar surface area (TPSA) is 65.2 Å². The van der Waals surface area contributed by atoms with Gasteiger partial charge in [0.2, 0.25) is 5.89 Å². The van der Waals surface area contributed by atoms with Gasteiger partial charge >= 0.3 is 5.97 Å². The molecule has 0 aliphatic heterocycles. The quantitative estimate of drug-likeness (QED) is 0.505. The summed E-state index contributed by atoms with van der Waals surface area (Å²) in [6.07, 6.45) is 0. The molecule has 0 spiro atoms. The molecule has 3 aromatic rings. The molecule has 0 unspecified atom stereocenters. The van der Waals surface area contributed by atoms with E-state index in [2.05, 4.69) is 14.9 Å². The number of benzene rings is 2. The minimum atomic E-state index is -0.331. The zero-order valence-electron chi connectivity index (χ0n) is 13.1. The van der Waals surface area contributed by atoms with Gasteiger partial charge in [0.1, 0.15) is 5.75 Å². The van der Waals surface area contributed by atoms with Gasteiger partial charge in [-0.15, -0.1) is 10.2 Å². The van der Waals surface area contributed by atoms with Crippen molar-refractivity contribution in [1.29, 1.82) is 0 Å². The van der Waals surface area contributed by atoms with Crippen molar-refractivity contribution >= 4 is 17.7 Å². The summed E-state index contributed by atoms with van der Waals surface area (Å²) in [5.41, 5.74) is 2.13. The predicted molar refractivity (Wildman–Crippen MR) is 90.9 cm³/mol. The lowest BCUT2D eigenvalue weighted by Gasteiger charge is -2.13. The summed E-state index contributed by atoms with van der Waals surface area (Å²) in [6.45, 7) is 0. The fraction of sp³-hybridized carbons (Fsp3) is 0.167. The number of carbonyl (C=O) groups excluding carboxylic acids is 1. The number of carbonyl (C=O) groups is 1. The molecule has 0 aliphatic carbocycles. The Morgan fingerprint density at radius 3 is 2.17 bits per heavy atom. The van der Waals surface area contributed by atoms with Crippen molar-refractivity contribution in [2.45, 2.75) is 11.1 Å². The average Bonchev–Trinajstić information content (AvgIpc) is 3.10. The van der Waals surface area contributed by atoms with Crippen LogP contribution in [-0.2, 0) is 9.53 Å². The third-order valence-electron chi connectivity index (χ3n) is 3.48. The van der Waals surface area contributed by atoms with E-state index in [1.165, 1.54) is 18.9 Å². The smallest absolute Gasteiger partial charge is 0.316 e. The fourth-order valence-corrected chi connectivity index (χ4v) is 2.95. The molecule has 3 rings (SSSR count). The molecule has 2 aromatic carbocycles. The SMILES string of the molecule is COC(=O)CSc1nnc(C(c2ccccc2)c2ccccc2)o1. The fourth-order valence-electron chi connectivity index (χ4n) is 2.34. The van der Waals surface area contributed by atoms with Crippen molar-refractivity contribution < 1.29 is 13.9 Å². The Morgan fingerprint density at radius 1 is 1.04 bits per heavy atom. The second-order valence-corrected chi connectivity index (χ2v) is 5.95. The highest BCUT2D eigenvalue weighted by Crippen LogP contribution is 2.32. The maximum Gasteiger partial charge on any atom is 0.316 e. The summed E-state index contributed by atoms with van der Waals surface area (Å²) in [4.78, 5) is 11.2. The molecule has 0 saturated carbocycles. The predicted octanol–water partition coefficient (Wildman–Crippen LogP) is 3.51. The molecule has 1 heterocycles. The molecule has 1 aromatic heterocycles. The van der Waals surface area contributed by atoms with Gasteiger partial charge in [-0.05, 0) is 11.1 Å². The third-order valence-corrected chi connectivity index (χ3v) is 4.27.